The van der Waals surface area contributed by atoms with Gasteiger partial charge in [-0.25, -0.2) is 0 Å². The average Bonchev–Trinajstić information content (AvgIpc) is 2.67. The summed E-state index contributed by atoms with van der Waals surface area (Å²) in [7, 11) is 0. The number of ether oxygens (including phenoxy) is 1. The Bertz CT molecular complexity index is 832. The lowest BCUT2D eigenvalue weighted by atomic mass is 9.99. The Balaban J connectivity index is 1.62. The van der Waals surface area contributed by atoms with E-state index in [-0.39, 0.29) is 23.3 Å². The predicted octanol–water partition coefficient (Wildman–Crippen LogP) is 2.74. The molecule has 0 radical (unpaired) electrons. The van der Waals surface area contributed by atoms with Gasteiger partial charge in [-0.2, -0.15) is 13.2 Å². The molecule has 0 aliphatic carbocycles. The van der Waals surface area contributed by atoms with Gasteiger partial charge >= 0.3 is 6.18 Å². The molecule has 0 saturated carbocycles. The first-order valence-corrected chi connectivity index (χ1v) is 9.18. The molecule has 2 aliphatic heterocycles. The second-order valence-corrected chi connectivity index (χ2v) is 7.12. The number of nitrogens with zero attached hydrogens (tertiary/aromatic N) is 3. The van der Waals surface area contributed by atoms with E-state index in [1.54, 1.807) is 12.1 Å². The number of anilines is 1. The van der Waals surface area contributed by atoms with Crippen LogP contribution < -0.4 is 10.2 Å². The fraction of sp³-hybridized carbons (Fsp3) is 0.474. The number of morpholine rings is 1. The van der Waals surface area contributed by atoms with E-state index < -0.39 is 17.5 Å². The van der Waals surface area contributed by atoms with Crippen LogP contribution in [0.15, 0.2) is 24.3 Å². The van der Waals surface area contributed by atoms with E-state index in [4.69, 9.17) is 4.74 Å². The normalized spacial score (nSPS) is 22.8. The number of halogens is 3. The summed E-state index contributed by atoms with van der Waals surface area (Å²) in [6.45, 7) is 4.55. The summed E-state index contributed by atoms with van der Waals surface area (Å²) in [4.78, 5) is 2.15. The van der Waals surface area contributed by atoms with Gasteiger partial charge in [-0.05, 0) is 49.7 Å². The number of phenols is 1. The quantitative estimate of drug-likeness (QED) is 0.816. The van der Waals surface area contributed by atoms with Crippen molar-refractivity contribution in [1.82, 2.24) is 15.5 Å². The third-order valence-corrected chi connectivity index (χ3v) is 5.30. The molecule has 2 fully saturated rings. The Labute approximate surface area is 160 Å². The van der Waals surface area contributed by atoms with E-state index in [0.29, 0.717) is 24.7 Å². The Morgan fingerprint density at radius 2 is 2.07 bits per heavy atom. The monoisotopic (exact) mass is 394 g/mol. The van der Waals surface area contributed by atoms with Crippen molar-refractivity contribution in [2.45, 2.75) is 31.7 Å². The van der Waals surface area contributed by atoms with Crippen LogP contribution in [0.4, 0.5) is 19.0 Å². The van der Waals surface area contributed by atoms with Crippen molar-refractivity contribution in [3.05, 3.63) is 35.4 Å². The molecule has 0 spiro atoms. The van der Waals surface area contributed by atoms with Crippen molar-refractivity contribution in [3.8, 4) is 17.0 Å². The molecule has 3 heterocycles. The van der Waals surface area contributed by atoms with Crippen molar-refractivity contribution in [2.24, 2.45) is 0 Å². The summed E-state index contributed by atoms with van der Waals surface area (Å²) in [6, 6.07) is 5.36. The summed E-state index contributed by atoms with van der Waals surface area (Å²) < 4.78 is 44.6. The lowest BCUT2D eigenvalue weighted by Crippen LogP contribution is -2.59. The van der Waals surface area contributed by atoms with Crippen molar-refractivity contribution >= 4 is 5.82 Å². The molecule has 2 N–H and O–H groups in total. The maximum absolute atomic E-state index is 12.9. The molecule has 0 bridgehead atoms. The van der Waals surface area contributed by atoms with Crippen molar-refractivity contribution < 1.29 is 23.0 Å². The highest BCUT2D eigenvalue weighted by Gasteiger charge is 2.35. The van der Waals surface area contributed by atoms with Gasteiger partial charge in [0.25, 0.3) is 0 Å². The average molecular weight is 394 g/mol. The highest BCUT2D eigenvalue weighted by atomic mass is 19.4. The fourth-order valence-electron chi connectivity index (χ4n) is 3.95. The number of fused-ring (bicyclic) bond motifs is 1. The maximum atomic E-state index is 12.9. The Morgan fingerprint density at radius 3 is 2.75 bits per heavy atom. The SMILES string of the molecule is Cc1cc(C(F)(F)F)cc(O)c1-c1ccc(N2CCO[C@H]3CCNC[C@H]32)nn1. The summed E-state index contributed by atoms with van der Waals surface area (Å²) in [5.41, 5.74) is -0.0115. The third-order valence-electron chi connectivity index (χ3n) is 5.30. The lowest BCUT2D eigenvalue weighted by molar-refractivity contribution is -0.137. The number of hydrogen-bond donors (Lipinski definition) is 2. The number of alkyl halides is 3. The number of aromatic hydroxyl groups is 1. The molecule has 1 aromatic heterocycles. The minimum absolute atomic E-state index is 0.151. The number of aromatic nitrogens is 2. The van der Waals surface area contributed by atoms with Crippen LogP contribution in [0.2, 0.25) is 0 Å². The number of phenolic OH excluding ortho intramolecular Hbond substituents is 1. The van der Waals surface area contributed by atoms with Crippen LogP contribution in [0.1, 0.15) is 17.5 Å². The molecular formula is C19H21F3N4O2. The van der Waals surface area contributed by atoms with Crippen LogP contribution in [0.25, 0.3) is 11.3 Å². The molecule has 1 aromatic carbocycles. The van der Waals surface area contributed by atoms with Crippen molar-refractivity contribution in [1.29, 1.82) is 0 Å². The van der Waals surface area contributed by atoms with Gasteiger partial charge in [0.05, 0.1) is 30.0 Å². The molecule has 9 heteroatoms. The zero-order chi connectivity index (χ0) is 19.9. The Morgan fingerprint density at radius 1 is 1.25 bits per heavy atom. The summed E-state index contributed by atoms with van der Waals surface area (Å²) in [6.07, 6.45) is -3.43. The minimum atomic E-state index is -4.52. The number of hydrogen-bond acceptors (Lipinski definition) is 6. The zero-order valence-electron chi connectivity index (χ0n) is 15.3. The Kier molecular flexibility index (Phi) is 4.88. The topological polar surface area (TPSA) is 70.5 Å². The number of nitrogens with one attached hydrogen (secondary N) is 1. The van der Waals surface area contributed by atoms with Crippen LogP contribution in [-0.4, -0.2) is 53.7 Å². The first kappa shape index (κ1) is 18.9. The van der Waals surface area contributed by atoms with Gasteiger partial charge in [0.15, 0.2) is 5.82 Å². The first-order chi connectivity index (χ1) is 13.3. The smallest absolute Gasteiger partial charge is 0.416 e. The minimum Gasteiger partial charge on any atom is -0.507 e. The summed E-state index contributed by atoms with van der Waals surface area (Å²) in [5, 5.41) is 22.0. The highest BCUT2D eigenvalue weighted by molar-refractivity contribution is 5.71. The fourth-order valence-corrected chi connectivity index (χ4v) is 3.95. The molecular weight excluding hydrogens is 373 g/mol. The number of rotatable bonds is 2. The number of aryl methyl sites for hydroxylation is 1. The Hall–Kier alpha value is -2.39. The molecule has 2 saturated heterocycles. The van der Waals surface area contributed by atoms with Crippen LogP contribution in [0.5, 0.6) is 5.75 Å². The summed E-state index contributed by atoms with van der Waals surface area (Å²) in [5.74, 6) is 0.229. The zero-order valence-corrected chi connectivity index (χ0v) is 15.3. The summed E-state index contributed by atoms with van der Waals surface area (Å²) >= 11 is 0. The van der Waals surface area contributed by atoms with E-state index in [1.807, 2.05) is 0 Å². The van der Waals surface area contributed by atoms with Crippen LogP contribution in [0, 0.1) is 6.92 Å². The molecule has 6 nitrogen and oxygen atoms in total. The van der Waals surface area contributed by atoms with Gasteiger partial charge in [0, 0.05) is 18.7 Å². The number of piperidine rings is 1. The van der Waals surface area contributed by atoms with E-state index in [2.05, 4.69) is 20.4 Å². The second-order valence-electron chi connectivity index (χ2n) is 7.12. The van der Waals surface area contributed by atoms with Gasteiger partial charge in [-0.3, -0.25) is 0 Å². The molecule has 0 amide bonds. The molecule has 2 atom stereocenters. The van der Waals surface area contributed by atoms with Crippen LogP contribution in [-0.2, 0) is 10.9 Å². The van der Waals surface area contributed by atoms with Crippen molar-refractivity contribution in [2.75, 3.05) is 31.1 Å². The highest BCUT2D eigenvalue weighted by Crippen LogP contribution is 2.38. The lowest BCUT2D eigenvalue weighted by Gasteiger charge is -2.44. The molecule has 2 aliphatic rings. The van der Waals surface area contributed by atoms with Gasteiger partial charge in [0.2, 0.25) is 0 Å². The van der Waals surface area contributed by atoms with E-state index in [0.717, 1.165) is 31.6 Å². The standard InChI is InChI=1S/C19H21F3N4O2/c1-11-8-12(19(20,21)22)9-15(27)18(11)13-2-3-17(25-24-13)26-6-7-28-16-4-5-23-10-14(16)26/h2-3,8-9,14,16,23,27H,4-7,10H2,1H3/t14-,16+/m1/s1. The first-order valence-electron chi connectivity index (χ1n) is 9.18. The number of benzene rings is 1. The molecule has 4 rings (SSSR count). The van der Waals surface area contributed by atoms with Gasteiger partial charge in [-0.1, -0.05) is 0 Å². The maximum Gasteiger partial charge on any atom is 0.416 e. The molecule has 150 valence electrons. The van der Waals surface area contributed by atoms with Crippen LogP contribution in [0.3, 0.4) is 0 Å². The van der Waals surface area contributed by atoms with Crippen LogP contribution >= 0.6 is 0 Å². The second kappa shape index (κ2) is 7.21. The van der Waals surface area contributed by atoms with Gasteiger partial charge < -0.3 is 20.1 Å². The molecule has 2 aromatic rings. The van der Waals surface area contributed by atoms with E-state index in [1.165, 1.54) is 6.92 Å². The molecule has 0 unspecified atom stereocenters. The third kappa shape index (κ3) is 3.51. The molecule has 28 heavy (non-hydrogen) atoms. The largest absolute Gasteiger partial charge is 0.507 e. The predicted molar refractivity (Wildman–Crippen MR) is 97.2 cm³/mol. The van der Waals surface area contributed by atoms with Gasteiger partial charge in [0.1, 0.15) is 5.75 Å². The van der Waals surface area contributed by atoms with Gasteiger partial charge in [-0.15, -0.1) is 10.2 Å². The van der Waals surface area contributed by atoms with E-state index >= 15 is 0 Å². The van der Waals surface area contributed by atoms with Crippen molar-refractivity contribution in [3.63, 3.8) is 0 Å². The van der Waals surface area contributed by atoms with E-state index in [9.17, 15) is 18.3 Å².